The van der Waals surface area contributed by atoms with Gasteiger partial charge in [0.05, 0.1) is 6.54 Å². The van der Waals surface area contributed by atoms with Crippen LogP contribution in [0.3, 0.4) is 0 Å². The zero-order chi connectivity index (χ0) is 13.4. The topological polar surface area (TPSA) is 26.9 Å². The number of Topliss-reactive ketones (excluding diaryl/α,β-unsaturated/α-hetero) is 1. The molecule has 2 heterocycles. The Morgan fingerprint density at radius 1 is 1.21 bits per heavy atom. The molecule has 3 rings (SSSR count). The first-order valence-corrected chi connectivity index (χ1v) is 6.83. The van der Waals surface area contributed by atoms with Crippen molar-refractivity contribution >= 4 is 32.6 Å². The Kier molecular flexibility index (Phi) is 3.03. The first-order chi connectivity index (χ1) is 9.15. The van der Waals surface area contributed by atoms with E-state index in [1.807, 2.05) is 65.1 Å². The zero-order valence-electron chi connectivity index (χ0n) is 10.5. The van der Waals surface area contributed by atoms with Crippen LogP contribution in [0.15, 0.2) is 53.4 Å². The molecule has 0 radical (unpaired) electrons. The van der Waals surface area contributed by atoms with Gasteiger partial charge in [0.1, 0.15) is 0 Å². The molecule has 2 aromatic heterocycles. The number of aromatic nitrogens is 2. The Morgan fingerprint density at radius 3 is 2.79 bits per heavy atom. The van der Waals surface area contributed by atoms with E-state index in [1.165, 1.54) is 0 Å². The summed E-state index contributed by atoms with van der Waals surface area (Å²) in [5.41, 5.74) is 1.82. The number of carbonyl (C=O) groups excluding carboxylic acids is 1. The molecule has 0 spiro atoms. The molecule has 0 fully saturated rings. The van der Waals surface area contributed by atoms with Gasteiger partial charge >= 0.3 is 0 Å². The SMILES string of the molecule is Cn1ccc(C(=O)Cn2ccc3c(Br)cccc32)c1. The lowest BCUT2D eigenvalue weighted by molar-refractivity contribution is 0.0973. The summed E-state index contributed by atoms with van der Waals surface area (Å²) in [6.07, 6.45) is 5.69. The van der Waals surface area contributed by atoms with Crippen LogP contribution < -0.4 is 0 Å². The van der Waals surface area contributed by atoms with Gasteiger partial charge in [-0.05, 0) is 24.3 Å². The Morgan fingerprint density at radius 2 is 2.05 bits per heavy atom. The smallest absolute Gasteiger partial charge is 0.184 e. The third-order valence-corrected chi connectivity index (χ3v) is 3.92. The predicted molar refractivity (Wildman–Crippen MR) is 79.4 cm³/mol. The van der Waals surface area contributed by atoms with Gasteiger partial charge in [-0.1, -0.05) is 22.0 Å². The predicted octanol–water partition coefficient (Wildman–Crippen LogP) is 3.63. The van der Waals surface area contributed by atoms with E-state index in [0.29, 0.717) is 6.54 Å². The van der Waals surface area contributed by atoms with Gasteiger partial charge < -0.3 is 9.13 Å². The van der Waals surface area contributed by atoms with E-state index in [0.717, 1.165) is 20.9 Å². The number of nitrogens with zero attached hydrogens (tertiary/aromatic N) is 2. The van der Waals surface area contributed by atoms with E-state index in [-0.39, 0.29) is 5.78 Å². The largest absolute Gasteiger partial charge is 0.357 e. The second kappa shape index (κ2) is 4.70. The van der Waals surface area contributed by atoms with Crippen LogP contribution in [0.1, 0.15) is 10.4 Å². The minimum Gasteiger partial charge on any atom is -0.357 e. The molecule has 0 N–H and O–H groups in total. The average molecular weight is 317 g/mol. The lowest BCUT2D eigenvalue weighted by Crippen LogP contribution is -2.08. The van der Waals surface area contributed by atoms with Crippen molar-refractivity contribution in [3.8, 4) is 0 Å². The van der Waals surface area contributed by atoms with Gasteiger partial charge in [-0.3, -0.25) is 4.79 Å². The third kappa shape index (κ3) is 2.24. The van der Waals surface area contributed by atoms with Crippen LogP contribution in [0, 0.1) is 0 Å². The van der Waals surface area contributed by atoms with E-state index in [2.05, 4.69) is 15.9 Å². The summed E-state index contributed by atoms with van der Waals surface area (Å²) in [4.78, 5) is 12.2. The number of hydrogen-bond donors (Lipinski definition) is 0. The van der Waals surface area contributed by atoms with Crippen LogP contribution in [0.2, 0.25) is 0 Å². The maximum Gasteiger partial charge on any atom is 0.184 e. The summed E-state index contributed by atoms with van der Waals surface area (Å²) in [5.74, 6) is 0.123. The first-order valence-electron chi connectivity index (χ1n) is 6.04. The number of benzene rings is 1. The molecule has 0 saturated carbocycles. The standard InChI is InChI=1S/C15H13BrN2O/c1-17-7-5-11(9-17)15(19)10-18-8-6-12-13(16)3-2-4-14(12)18/h2-9H,10H2,1H3. The van der Waals surface area contributed by atoms with Gasteiger partial charge in [-0.2, -0.15) is 0 Å². The summed E-state index contributed by atoms with van der Waals surface area (Å²) in [5, 5.41) is 1.13. The van der Waals surface area contributed by atoms with Gasteiger partial charge in [0, 0.05) is 46.6 Å². The molecular formula is C15H13BrN2O. The second-order valence-corrected chi connectivity index (χ2v) is 5.46. The minimum absolute atomic E-state index is 0.123. The van der Waals surface area contributed by atoms with Gasteiger partial charge in [-0.25, -0.2) is 0 Å². The fraction of sp³-hybridized carbons (Fsp3) is 0.133. The van der Waals surface area contributed by atoms with Crippen LogP contribution in [-0.2, 0) is 13.6 Å². The number of rotatable bonds is 3. The van der Waals surface area contributed by atoms with Crippen LogP contribution in [0.4, 0.5) is 0 Å². The molecule has 0 bridgehead atoms. The van der Waals surface area contributed by atoms with Crippen LogP contribution in [-0.4, -0.2) is 14.9 Å². The molecule has 0 aliphatic heterocycles. The highest BCUT2D eigenvalue weighted by Crippen LogP contribution is 2.24. The first kappa shape index (κ1) is 12.2. The maximum atomic E-state index is 12.2. The molecule has 3 aromatic rings. The fourth-order valence-corrected chi connectivity index (χ4v) is 2.73. The van der Waals surface area contributed by atoms with E-state index < -0.39 is 0 Å². The number of ketones is 1. The van der Waals surface area contributed by atoms with Crippen LogP contribution >= 0.6 is 15.9 Å². The Hall–Kier alpha value is -1.81. The lowest BCUT2D eigenvalue weighted by atomic mass is 10.2. The van der Waals surface area contributed by atoms with Crippen molar-refractivity contribution in [2.45, 2.75) is 6.54 Å². The quantitative estimate of drug-likeness (QED) is 0.678. The molecule has 0 aliphatic carbocycles. The van der Waals surface area contributed by atoms with E-state index in [4.69, 9.17) is 0 Å². The normalized spacial score (nSPS) is 11.1. The fourth-order valence-electron chi connectivity index (χ4n) is 2.24. The number of carbonyl (C=O) groups is 1. The molecule has 3 nitrogen and oxygen atoms in total. The molecule has 0 aliphatic rings. The monoisotopic (exact) mass is 316 g/mol. The van der Waals surface area contributed by atoms with Crippen LogP contribution in [0.25, 0.3) is 10.9 Å². The summed E-state index contributed by atoms with van der Waals surface area (Å²) in [6.45, 7) is 0.365. The molecule has 0 saturated heterocycles. The van der Waals surface area contributed by atoms with Crippen molar-refractivity contribution in [2.24, 2.45) is 7.05 Å². The van der Waals surface area contributed by atoms with Crippen molar-refractivity contribution < 1.29 is 4.79 Å². The number of fused-ring (bicyclic) bond motifs is 1. The van der Waals surface area contributed by atoms with Crippen molar-refractivity contribution in [1.82, 2.24) is 9.13 Å². The number of halogens is 1. The molecule has 0 unspecified atom stereocenters. The summed E-state index contributed by atoms with van der Waals surface area (Å²) in [7, 11) is 1.92. The Labute approximate surface area is 119 Å². The maximum absolute atomic E-state index is 12.2. The summed E-state index contributed by atoms with van der Waals surface area (Å²) < 4.78 is 4.92. The van der Waals surface area contributed by atoms with Gasteiger partial charge in [0.2, 0.25) is 0 Å². The minimum atomic E-state index is 0.123. The highest BCUT2D eigenvalue weighted by molar-refractivity contribution is 9.10. The van der Waals surface area contributed by atoms with Gasteiger partial charge in [0.15, 0.2) is 5.78 Å². The Bertz CT molecular complexity index is 754. The Balaban J connectivity index is 1.94. The lowest BCUT2D eigenvalue weighted by Gasteiger charge is -2.04. The average Bonchev–Trinajstić information content (AvgIpc) is 2.98. The van der Waals surface area contributed by atoms with E-state index >= 15 is 0 Å². The molecule has 1 aromatic carbocycles. The highest BCUT2D eigenvalue weighted by atomic mass is 79.9. The molecule has 96 valence electrons. The summed E-state index contributed by atoms with van der Waals surface area (Å²) in [6, 6.07) is 9.89. The highest BCUT2D eigenvalue weighted by Gasteiger charge is 2.10. The van der Waals surface area contributed by atoms with Crippen LogP contribution in [0.5, 0.6) is 0 Å². The van der Waals surface area contributed by atoms with Crippen molar-refractivity contribution in [2.75, 3.05) is 0 Å². The van der Waals surface area contributed by atoms with Crippen molar-refractivity contribution in [3.63, 3.8) is 0 Å². The molecule has 4 heteroatoms. The molecule has 0 amide bonds. The van der Waals surface area contributed by atoms with Gasteiger partial charge in [0.25, 0.3) is 0 Å². The number of hydrogen-bond acceptors (Lipinski definition) is 1. The third-order valence-electron chi connectivity index (χ3n) is 3.23. The molecular weight excluding hydrogens is 304 g/mol. The summed E-state index contributed by atoms with van der Waals surface area (Å²) >= 11 is 3.52. The van der Waals surface area contributed by atoms with Gasteiger partial charge in [-0.15, -0.1) is 0 Å². The zero-order valence-corrected chi connectivity index (χ0v) is 12.1. The molecule has 19 heavy (non-hydrogen) atoms. The molecule has 0 atom stereocenters. The number of aryl methyl sites for hydroxylation is 1. The van der Waals surface area contributed by atoms with E-state index in [9.17, 15) is 4.79 Å². The van der Waals surface area contributed by atoms with Crippen molar-refractivity contribution in [3.05, 3.63) is 59.0 Å². The second-order valence-electron chi connectivity index (χ2n) is 4.61. The van der Waals surface area contributed by atoms with Crippen molar-refractivity contribution in [1.29, 1.82) is 0 Å². The van der Waals surface area contributed by atoms with E-state index in [1.54, 1.807) is 0 Å².